The fourth-order valence-corrected chi connectivity index (χ4v) is 3.29. The molecule has 0 aliphatic carbocycles. The molecule has 9 heteroatoms. The van der Waals surface area contributed by atoms with Gasteiger partial charge in [-0.05, 0) is 49.2 Å². The lowest BCUT2D eigenvalue weighted by Crippen LogP contribution is -2.12. The van der Waals surface area contributed by atoms with Gasteiger partial charge in [-0.25, -0.2) is 4.68 Å². The van der Waals surface area contributed by atoms with Gasteiger partial charge in [-0.3, -0.25) is 14.9 Å². The highest BCUT2D eigenvalue weighted by molar-refractivity contribution is 6.04. The zero-order valence-corrected chi connectivity index (χ0v) is 19.6. The molecule has 0 atom stereocenters. The second-order valence-electron chi connectivity index (χ2n) is 8.51. The third-order valence-corrected chi connectivity index (χ3v) is 5.15. The first-order valence-corrected chi connectivity index (χ1v) is 11.1. The molecular formula is C26H25N5O4. The maximum atomic E-state index is 12.5. The number of non-ortho nitro benzene ring substituents is 1. The van der Waals surface area contributed by atoms with Crippen LogP contribution in [0.25, 0.3) is 17.1 Å². The van der Waals surface area contributed by atoms with Crippen molar-refractivity contribution in [1.29, 1.82) is 0 Å². The number of hydrogen-bond donors (Lipinski definition) is 1. The minimum Gasteiger partial charge on any atom is -0.462 e. The number of nitro groups is 1. The minimum absolute atomic E-state index is 0.0696. The number of hydrogen-bond acceptors (Lipinski definition) is 6. The fraction of sp³-hybridized carbons (Fsp3) is 0.192. The molecule has 178 valence electrons. The third kappa shape index (κ3) is 5.70. The molecule has 1 heterocycles. The highest BCUT2D eigenvalue weighted by atomic mass is 16.6. The summed E-state index contributed by atoms with van der Waals surface area (Å²) in [6.07, 6.45) is 0. The van der Waals surface area contributed by atoms with Gasteiger partial charge in [0.05, 0.1) is 17.2 Å². The number of carbonyl (C=O) groups excluding carboxylic acids is 1. The van der Waals surface area contributed by atoms with Crippen molar-refractivity contribution in [2.75, 3.05) is 11.9 Å². The number of aromatic nitrogens is 3. The van der Waals surface area contributed by atoms with Crippen molar-refractivity contribution in [3.8, 4) is 23.1 Å². The Labute approximate surface area is 202 Å². The molecule has 0 unspecified atom stereocenters. The summed E-state index contributed by atoms with van der Waals surface area (Å²) in [5.74, 6) is 0.618. The van der Waals surface area contributed by atoms with E-state index < -0.39 is 4.92 Å². The van der Waals surface area contributed by atoms with Gasteiger partial charge in [-0.2, -0.15) is 4.98 Å². The Balaban J connectivity index is 1.57. The van der Waals surface area contributed by atoms with E-state index in [0.29, 0.717) is 35.6 Å². The predicted octanol–water partition coefficient (Wildman–Crippen LogP) is 5.44. The Morgan fingerprint density at radius 2 is 1.69 bits per heavy atom. The average Bonchev–Trinajstić information content (AvgIpc) is 3.28. The summed E-state index contributed by atoms with van der Waals surface area (Å²) >= 11 is 0. The van der Waals surface area contributed by atoms with E-state index in [1.807, 2.05) is 43.3 Å². The maximum Gasteiger partial charge on any atom is 0.336 e. The summed E-state index contributed by atoms with van der Waals surface area (Å²) in [4.78, 5) is 27.4. The molecule has 1 aromatic heterocycles. The van der Waals surface area contributed by atoms with E-state index in [-0.39, 0.29) is 11.6 Å². The zero-order chi connectivity index (χ0) is 24.9. The number of ether oxygens (including phenoxy) is 1. The van der Waals surface area contributed by atoms with E-state index in [1.54, 1.807) is 16.8 Å². The summed E-state index contributed by atoms with van der Waals surface area (Å²) in [7, 11) is 0. The standard InChI is InChI=1S/C26H25N5O4/c1-17(2)16-35-26-28-24(19-6-4-18(3)5-7-19)30(29-26)22-14-10-21(11-15-22)27-25(32)20-8-12-23(13-9-20)31(33)34/h4-15,17H,16H2,1-3H3,(H,27,32). The molecule has 9 nitrogen and oxygen atoms in total. The van der Waals surface area contributed by atoms with Crippen LogP contribution in [-0.2, 0) is 0 Å². The average molecular weight is 472 g/mol. The molecule has 0 bridgehead atoms. The SMILES string of the molecule is Cc1ccc(-c2nc(OCC(C)C)nn2-c2ccc(NC(=O)c3ccc([N+](=O)[O-])cc3)cc2)cc1. The second kappa shape index (κ2) is 10.2. The molecule has 3 aromatic carbocycles. The van der Waals surface area contributed by atoms with Crippen LogP contribution in [0.3, 0.4) is 0 Å². The Morgan fingerprint density at radius 3 is 2.29 bits per heavy atom. The molecule has 0 saturated carbocycles. The summed E-state index contributed by atoms with van der Waals surface area (Å²) in [5.41, 5.74) is 3.62. The van der Waals surface area contributed by atoms with Crippen molar-refractivity contribution in [2.45, 2.75) is 20.8 Å². The van der Waals surface area contributed by atoms with Crippen molar-refractivity contribution in [3.63, 3.8) is 0 Å². The number of aryl methyl sites for hydroxylation is 1. The van der Waals surface area contributed by atoms with E-state index in [0.717, 1.165) is 16.8 Å². The molecule has 0 aliphatic rings. The highest BCUT2D eigenvalue weighted by Gasteiger charge is 2.16. The first-order valence-electron chi connectivity index (χ1n) is 11.1. The van der Waals surface area contributed by atoms with Gasteiger partial charge in [0, 0.05) is 28.9 Å². The van der Waals surface area contributed by atoms with Gasteiger partial charge in [0.15, 0.2) is 5.82 Å². The van der Waals surface area contributed by atoms with E-state index in [2.05, 4.69) is 29.2 Å². The lowest BCUT2D eigenvalue weighted by atomic mass is 10.1. The fourth-order valence-electron chi connectivity index (χ4n) is 3.29. The number of nitrogens with one attached hydrogen (secondary N) is 1. The third-order valence-electron chi connectivity index (χ3n) is 5.15. The normalized spacial score (nSPS) is 10.9. The van der Waals surface area contributed by atoms with Crippen LogP contribution < -0.4 is 10.1 Å². The van der Waals surface area contributed by atoms with E-state index in [4.69, 9.17) is 4.74 Å². The van der Waals surface area contributed by atoms with Crippen LogP contribution in [0.1, 0.15) is 29.8 Å². The first kappa shape index (κ1) is 23.6. The Morgan fingerprint density at radius 1 is 1.03 bits per heavy atom. The van der Waals surface area contributed by atoms with E-state index in [1.165, 1.54) is 24.3 Å². The number of carbonyl (C=O) groups is 1. The van der Waals surface area contributed by atoms with Crippen LogP contribution >= 0.6 is 0 Å². The molecule has 4 aromatic rings. The van der Waals surface area contributed by atoms with Gasteiger partial charge in [0.25, 0.3) is 11.6 Å². The van der Waals surface area contributed by atoms with Gasteiger partial charge in [0.1, 0.15) is 0 Å². The summed E-state index contributed by atoms with van der Waals surface area (Å²) in [5, 5.41) is 18.2. The van der Waals surface area contributed by atoms with Crippen LogP contribution in [0, 0.1) is 23.0 Å². The lowest BCUT2D eigenvalue weighted by Gasteiger charge is -2.09. The molecule has 0 aliphatic heterocycles. The summed E-state index contributed by atoms with van der Waals surface area (Å²) < 4.78 is 7.47. The van der Waals surface area contributed by atoms with Crippen molar-refractivity contribution in [2.24, 2.45) is 5.92 Å². The maximum absolute atomic E-state index is 12.5. The summed E-state index contributed by atoms with van der Waals surface area (Å²) in [6, 6.07) is 20.9. The van der Waals surface area contributed by atoms with Crippen LogP contribution in [0.5, 0.6) is 6.01 Å². The second-order valence-corrected chi connectivity index (χ2v) is 8.51. The molecular weight excluding hydrogens is 446 g/mol. The van der Waals surface area contributed by atoms with Gasteiger partial charge >= 0.3 is 6.01 Å². The minimum atomic E-state index is -0.505. The topological polar surface area (TPSA) is 112 Å². The Hall–Kier alpha value is -4.53. The van der Waals surface area contributed by atoms with Gasteiger partial charge < -0.3 is 10.1 Å². The van der Waals surface area contributed by atoms with Crippen molar-refractivity contribution in [1.82, 2.24) is 14.8 Å². The van der Waals surface area contributed by atoms with E-state index >= 15 is 0 Å². The number of benzene rings is 3. The lowest BCUT2D eigenvalue weighted by molar-refractivity contribution is -0.384. The van der Waals surface area contributed by atoms with Crippen LogP contribution in [0.15, 0.2) is 72.8 Å². The van der Waals surface area contributed by atoms with Gasteiger partial charge in [0.2, 0.25) is 0 Å². The Kier molecular flexibility index (Phi) is 6.86. The van der Waals surface area contributed by atoms with Crippen LogP contribution in [0.2, 0.25) is 0 Å². The molecule has 4 rings (SSSR count). The molecule has 1 amide bonds. The van der Waals surface area contributed by atoms with Crippen LogP contribution in [0.4, 0.5) is 11.4 Å². The largest absolute Gasteiger partial charge is 0.462 e. The number of rotatable bonds is 8. The smallest absolute Gasteiger partial charge is 0.336 e. The number of nitrogens with zero attached hydrogens (tertiary/aromatic N) is 4. The molecule has 0 spiro atoms. The molecule has 0 radical (unpaired) electrons. The van der Waals surface area contributed by atoms with Crippen molar-refractivity contribution >= 4 is 17.3 Å². The highest BCUT2D eigenvalue weighted by Crippen LogP contribution is 2.25. The number of amides is 1. The van der Waals surface area contributed by atoms with Crippen molar-refractivity contribution in [3.05, 3.63) is 94.0 Å². The van der Waals surface area contributed by atoms with E-state index in [9.17, 15) is 14.9 Å². The van der Waals surface area contributed by atoms with Crippen LogP contribution in [-0.4, -0.2) is 32.2 Å². The quantitative estimate of drug-likeness (QED) is 0.271. The number of anilines is 1. The van der Waals surface area contributed by atoms with Crippen molar-refractivity contribution < 1.29 is 14.5 Å². The Bertz CT molecular complexity index is 1330. The molecule has 0 saturated heterocycles. The molecule has 1 N–H and O–H groups in total. The zero-order valence-electron chi connectivity index (χ0n) is 19.6. The molecule has 35 heavy (non-hydrogen) atoms. The van der Waals surface area contributed by atoms with Gasteiger partial charge in [-0.1, -0.05) is 43.7 Å². The predicted molar refractivity (Wildman–Crippen MR) is 133 cm³/mol. The molecule has 0 fully saturated rings. The monoisotopic (exact) mass is 471 g/mol. The van der Waals surface area contributed by atoms with Gasteiger partial charge in [-0.15, -0.1) is 5.10 Å². The summed E-state index contributed by atoms with van der Waals surface area (Å²) in [6.45, 7) is 6.64. The number of nitro benzene ring substituents is 1. The first-order chi connectivity index (χ1) is 16.8.